The number of aromatic carboxylic acids is 1. The van der Waals surface area contributed by atoms with Crippen molar-refractivity contribution >= 4 is 18.0 Å². The van der Waals surface area contributed by atoms with E-state index in [-0.39, 0.29) is 11.8 Å². The minimum atomic E-state index is -1.12. The zero-order chi connectivity index (χ0) is 14.5. The molecule has 2 rings (SSSR count). The number of ketones is 1. The summed E-state index contributed by atoms with van der Waals surface area (Å²) >= 11 is 0. The fraction of sp³-hybridized carbons (Fsp3) is 0.0625. The number of carboxylic acid groups (broad SMARTS) is 1. The lowest BCUT2D eigenvalue weighted by molar-refractivity contribution is -0.130. The summed E-state index contributed by atoms with van der Waals surface area (Å²) < 4.78 is 0. The van der Waals surface area contributed by atoms with E-state index in [1.165, 1.54) is 6.07 Å². The van der Waals surface area contributed by atoms with E-state index in [1.807, 2.05) is 0 Å². The normalized spacial score (nSPS) is 11.6. The number of hydrogen-bond acceptors (Lipinski definition) is 3. The smallest absolute Gasteiger partial charge is 0.335 e. The lowest BCUT2D eigenvalue weighted by Crippen LogP contribution is -2.18. The molecule has 0 aromatic heterocycles. The number of hydrogen-bond donors (Lipinski definition) is 1. The van der Waals surface area contributed by atoms with Crippen molar-refractivity contribution in [2.24, 2.45) is 0 Å². The third-order valence-corrected chi connectivity index (χ3v) is 3.04. The van der Waals surface area contributed by atoms with Crippen LogP contribution < -0.4 is 0 Å². The maximum Gasteiger partial charge on any atom is 0.335 e. The first-order valence-corrected chi connectivity index (χ1v) is 6.01. The van der Waals surface area contributed by atoms with E-state index in [2.05, 4.69) is 0 Å². The van der Waals surface area contributed by atoms with E-state index in [0.29, 0.717) is 11.1 Å². The highest BCUT2D eigenvalue weighted by molar-refractivity contribution is 6.29. The van der Waals surface area contributed by atoms with Crippen LogP contribution in [0.25, 0.3) is 0 Å². The molecular weight excluding hydrogens is 256 g/mol. The van der Waals surface area contributed by atoms with E-state index < -0.39 is 17.7 Å². The van der Waals surface area contributed by atoms with Crippen LogP contribution in [0.4, 0.5) is 0 Å². The fourth-order valence-electron chi connectivity index (χ4n) is 2.15. The summed E-state index contributed by atoms with van der Waals surface area (Å²) in [6.07, 6.45) is 0.232. The van der Waals surface area contributed by atoms with Gasteiger partial charge in [0.05, 0.1) is 11.5 Å². The minimum absolute atomic E-state index is 0.0246. The highest BCUT2D eigenvalue weighted by atomic mass is 16.4. The lowest BCUT2D eigenvalue weighted by atomic mass is 9.85. The van der Waals surface area contributed by atoms with Gasteiger partial charge in [0.2, 0.25) is 5.78 Å². The van der Waals surface area contributed by atoms with Gasteiger partial charge in [-0.3, -0.25) is 9.59 Å². The molecule has 0 saturated heterocycles. The summed E-state index contributed by atoms with van der Waals surface area (Å²) in [4.78, 5) is 34.1. The fourth-order valence-corrected chi connectivity index (χ4v) is 2.15. The summed E-state index contributed by atoms with van der Waals surface area (Å²) in [5.41, 5.74) is 0.943. The Morgan fingerprint density at radius 3 is 2.15 bits per heavy atom. The van der Waals surface area contributed by atoms with Crippen LogP contribution in [0, 0.1) is 0 Å². The first kappa shape index (κ1) is 13.7. The van der Waals surface area contributed by atoms with Gasteiger partial charge in [0.15, 0.2) is 6.29 Å². The zero-order valence-electron chi connectivity index (χ0n) is 10.5. The molecule has 0 aliphatic carbocycles. The summed E-state index contributed by atoms with van der Waals surface area (Å²) in [6.45, 7) is 0. The van der Waals surface area contributed by atoms with Crippen molar-refractivity contribution in [3.63, 3.8) is 0 Å². The molecule has 0 aliphatic heterocycles. The van der Waals surface area contributed by atoms with Gasteiger partial charge in [-0.05, 0) is 17.2 Å². The Hall–Kier alpha value is -2.75. The van der Waals surface area contributed by atoms with Gasteiger partial charge in [0.1, 0.15) is 0 Å². The highest BCUT2D eigenvalue weighted by Gasteiger charge is 2.26. The van der Waals surface area contributed by atoms with Crippen LogP contribution in [0.3, 0.4) is 0 Å². The molecule has 0 fully saturated rings. The van der Waals surface area contributed by atoms with Gasteiger partial charge in [0.25, 0.3) is 0 Å². The van der Waals surface area contributed by atoms with E-state index in [0.717, 1.165) is 0 Å². The molecule has 1 unspecified atom stereocenters. The van der Waals surface area contributed by atoms with E-state index in [4.69, 9.17) is 0 Å². The second kappa shape index (κ2) is 5.93. The molecule has 2 aromatic rings. The molecule has 0 aliphatic rings. The molecular formula is C16H12O4. The molecule has 4 nitrogen and oxygen atoms in total. The Labute approximate surface area is 115 Å². The summed E-state index contributed by atoms with van der Waals surface area (Å²) in [7, 11) is 0. The van der Waals surface area contributed by atoms with Crippen LogP contribution in [0.2, 0.25) is 0 Å². The van der Waals surface area contributed by atoms with Crippen LogP contribution in [0.15, 0.2) is 54.6 Å². The average molecular weight is 268 g/mol. The topological polar surface area (TPSA) is 71.4 Å². The Morgan fingerprint density at radius 1 is 0.950 bits per heavy atom. The molecule has 100 valence electrons. The number of rotatable bonds is 5. The second-order valence-corrected chi connectivity index (χ2v) is 4.26. The van der Waals surface area contributed by atoms with Gasteiger partial charge >= 0.3 is 5.97 Å². The van der Waals surface area contributed by atoms with Gasteiger partial charge in [-0.1, -0.05) is 48.5 Å². The van der Waals surface area contributed by atoms with Crippen molar-refractivity contribution in [2.75, 3.05) is 0 Å². The minimum Gasteiger partial charge on any atom is -0.478 e. The predicted molar refractivity (Wildman–Crippen MR) is 72.8 cm³/mol. The molecule has 0 heterocycles. The van der Waals surface area contributed by atoms with E-state index in [9.17, 15) is 19.5 Å². The second-order valence-electron chi connectivity index (χ2n) is 4.26. The van der Waals surface area contributed by atoms with Crippen molar-refractivity contribution in [2.45, 2.75) is 5.92 Å². The molecule has 4 heteroatoms. The van der Waals surface area contributed by atoms with E-state index in [1.54, 1.807) is 48.5 Å². The Morgan fingerprint density at radius 2 is 1.55 bits per heavy atom. The van der Waals surface area contributed by atoms with Crippen LogP contribution in [0.1, 0.15) is 27.4 Å². The molecule has 0 radical (unpaired) electrons. The maximum atomic E-state index is 11.9. The third kappa shape index (κ3) is 2.64. The zero-order valence-corrected chi connectivity index (χ0v) is 10.5. The quantitative estimate of drug-likeness (QED) is 0.667. The lowest BCUT2D eigenvalue weighted by Gasteiger charge is -2.16. The van der Waals surface area contributed by atoms with Crippen LogP contribution in [0.5, 0.6) is 0 Å². The molecule has 0 spiro atoms. The van der Waals surface area contributed by atoms with Gasteiger partial charge in [-0.15, -0.1) is 0 Å². The SMILES string of the molecule is O=CC(=O)C(c1ccccc1)c1ccccc1C(=O)O. The number of carboxylic acids is 1. The first-order valence-electron chi connectivity index (χ1n) is 6.01. The molecule has 1 N–H and O–H groups in total. The average Bonchev–Trinajstić information content (AvgIpc) is 2.48. The molecule has 0 bridgehead atoms. The molecule has 1 atom stereocenters. The highest BCUT2D eigenvalue weighted by Crippen LogP contribution is 2.28. The van der Waals surface area contributed by atoms with Gasteiger partial charge in [0, 0.05) is 0 Å². The summed E-state index contributed by atoms with van der Waals surface area (Å²) in [5.74, 6) is -2.67. The van der Waals surface area contributed by atoms with Gasteiger partial charge in [-0.25, -0.2) is 4.79 Å². The number of carbonyl (C=O) groups is 3. The Balaban J connectivity index is 2.62. The summed E-state index contributed by atoms with van der Waals surface area (Å²) in [6, 6.07) is 14.9. The van der Waals surface area contributed by atoms with Crippen molar-refractivity contribution < 1.29 is 19.5 Å². The van der Waals surface area contributed by atoms with Crippen LogP contribution in [-0.4, -0.2) is 23.1 Å². The maximum absolute atomic E-state index is 11.9. The van der Waals surface area contributed by atoms with Crippen molar-refractivity contribution in [3.05, 3.63) is 71.3 Å². The Bertz CT molecular complexity index is 647. The van der Waals surface area contributed by atoms with Crippen molar-refractivity contribution in [3.8, 4) is 0 Å². The number of aldehydes is 1. The van der Waals surface area contributed by atoms with Crippen LogP contribution in [-0.2, 0) is 9.59 Å². The van der Waals surface area contributed by atoms with Crippen molar-refractivity contribution in [1.29, 1.82) is 0 Å². The molecule has 0 saturated carbocycles. The van der Waals surface area contributed by atoms with E-state index >= 15 is 0 Å². The Kier molecular flexibility index (Phi) is 4.05. The summed E-state index contributed by atoms with van der Waals surface area (Å²) in [5, 5.41) is 9.22. The standard InChI is InChI=1S/C16H12O4/c17-10-14(18)15(11-6-2-1-3-7-11)12-8-4-5-9-13(12)16(19)20/h1-10,15H,(H,19,20). The molecule has 2 aromatic carbocycles. The van der Waals surface area contributed by atoms with Crippen molar-refractivity contribution in [1.82, 2.24) is 0 Å². The monoisotopic (exact) mass is 268 g/mol. The predicted octanol–water partition coefficient (Wildman–Crippen LogP) is 2.28. The van der Waals surface area contributed by atoms with Gasteiger partial charge in [-0.2, -0.15) is 0 Å². The number of benzene rings is 2. The van der Waals surface area contributed by atoms with Gasteiger partial charge < -0.3 is 5.11 Å². The first-order chi connectivity index (χ1) is 9.65. The molecule has 0 amide bonds. The third-order valence-electron chi connectivity index (χ3n) is 3.04. The number of Topliss-reactive ketones (excluding diaryl/α,β-unsaturated/α-hetero) is 1. The molecule has 20 heavy (non-hydrogen) atoms. The van der Waals surface area contributed by atoms with Crippen LogP contribution >= 0.6 is 0 Å². The largest absolute Gasteiger partial charge is 0.478 e. The number of carbonyl (C=O) groups excluding carboxylic acids is 2.